The van der Waals surface area contributed by atoms with Crippen LogP contribution in [0.3, 0.4) is 0 Å². The van der Waals surface area contributed by atoms with E-state index in [1.807, 2.05) is 0 Å². The van der Waals surface area contributed by atoms with Gasteiger partial charge in [-0.15, -0.1) is 0 Å². The van der Waals surface area contributed by atoms with Crippen LogP contribution in [0.5, 0.6) is 0 Å². The van der Waals surface area contributed by atoms with Crippen molar-refractivity contribution in [1.29, 1.82) is 0 Å². The second kappa shape index (κ2) is 17.8. The molecule has 0 heterocycles. The zero-order valence-corrected chi connectivity index (χ0v) is 11.7. The summed E-state index contributed by atoms with van der Waals surface area (Å²) in [6.45, 7) is 0. The van der Waals surface area contributed by atoms with Gasteiger partial charge in [-0.3, -0.25) is 0 Å². The predicted molar refractivity (Wildman–Crippen MR) is 11.5 cm³/mol. The van der Waals surface area contributed by atoms with Gasteiger partial charge in [0.15, 0.2) is 0 Å². The molecule has 0 N–H and O–H groups in total. The molecule has 0 aromatic carbocycles. The minimum atomic E-state index is 0. The maximum Gasteiger partial charge on any atom is 0 e. The van der Waals surface area contributed by atoms with Gasteiger partial charge >= 0.3 is 0 Å². The molecule has 4 heavy (non-hydrogen) atoms. The van der Waals surface area contributed by atoms with Crippen molar-refractivity contribution in [2.75, 3.05) is 0 Å². The smallest absolute Gasteiger partial charge is 0 e. The van der Waals surface area contributed by atoms with Crippen molar-refractivity contribution >= 4 is 54.6 Å². The predicted octanol–water partition coefficient (Wildman–Crippen LogP) is -6.75. The number of halogens is 2. The monoisotopic (exact) mass is 562 g/mol. The Hall–Kier alpha value is 2.50. The van der Waals surface area contributed by atoms with Crippen molar-refractivity contribution in [3.05, 3.63) is 0 Å². The zero-order valence-electron chi connectivity index (χ0n) is 1.76. The second-order valence-electron chi connectivity index (χ2n) is 0. The van der Waals surface area contributed by atoms with E-state index in [0.29, 0.717) is 0 Å². The molecule has 0 rings (SSSR count). The van der Waals surface area contributed by atoms with E-state index in [-0.39, 0.29) is 83.3 Å². The van der Waals surface area contributed by atoms with Crippen LogP contribution in [0.1, 0.15) is 0 Å². The van der Waals surface area contributed by atoms with Crippen LogP contribution in [-0.2, 0) is 0 Å². The van der Waals surface area contributed by atoms with Gasteiger partial charge in [-0.2, -0.15) is 0 Å². The van der Waals surface area contributed by atoms with Crippen LogP contribution in [0.2, 0.25) is 0 Å². The summed E-state index contributed by atoms with van der Waals surface area (Å²) < 4.78 is 0. The summed E-state index contributed by atoms with van der Waals surface area (Å²) in [5.41, 5.74) is 0. The van der Waals surface area contributed by atoms with Crippen molar-refractivity contribution < 1.29 is 28.7 Å². The second-order valence-corrected chi connectivity index (χ2v) is 0. The Labute approximate surface area is 81.8 Å². The number of hydrogen-bond acceptors (Lipinski definition) is 0. The third-order valence-corrected chi connectivity index (χ3v) is 0. The molecule has 4 heteroatoms. The molecule has 0 amide bonds. The fourth-order valence-electron chi connectivity index (χ4n) is 0. The summed E-state index contributed by atoms with van der Waals surface area (Å²) in [6.07, 6.45) is 0. The Bertz CT molecular complexity index is 6.00. The molecule has 24 valence electrons. The third kappa shape index (κ3) is 8.82. The van der Waals surface area contributed by atoms with Crippen LogP contribution in [0.4, 0.5) is 0 Å². The first-order valence-electron chi connectivity index (χ1n) is 0. The van der Waals surface area contributed by atoms with E-state index in [1.54, 1.807) is 0 Å². The van der Waals surface area contributed by atoms with Gasteiger partial charge in [0.05, 0.1) is 0 Å². The summed E-state index contributed by atoms with van der Waals surface area (Å²) in [4.78, 5) is 0. The Morgan fingerprint density at radius 1 is 0.750 bits per heavy atom. The molecule has 0 nitrogen and oxygen atoms in total. The van der Waals surface area contributed by atoms with Crippen LogP contribution < -0.4 is 28.7 Å². The third-order valence-electron chi connectivity index (χ3n) is 0. The van der Waals surface area contributed by atoms with E-state index in [9.17, 15) is 0 Å². The van der Waals surface area contributed by atoms with E-state index in [2.05, 4.69) is 0 Å². The van der Waals surface area contributed by atoms with Gasteiger partial charge in [0.25, 0.3) is 0 Å². The Morgan fingerprint density at radius 2 is 0.750 bits per heavy atom. The maximum absolute atomic E-state index is 0. The Morgan fingerprint density at radius 3 is 0.750 bits per heavy atom. The number of hydrogen-bond donors (Lipinski definition) is 0. The molecule has 0 fully saturated rings. The van der Waals surface area contributed by atoms with Gasteiger partial charge in [0, 0.05) is 54.6 Å². The standard InChI is InChI=1S/FH.HI.2Pb/h2*1H;;/p-2. The molecule has 0 atom stereocenters. The van der Waals surface area contributed by atoms with Gasteiger partial charge in [-0.1, -0.05) is 0 Å². The van der Waals surface area contributed by atoms with Crippen molar-refractivity contribution in [2.24, 2.45) is 0 Å². The molecule has 0 saturated carbocycles. The van der Waals surface area contributed by atoms with Crippen LogP contribution in [0.15, 0.2) is 0 Å². The fraction of sp³-hybridized carbons (Fsp3) is 0. The Balaban J connectivity index is 0. The summed E-state index contributed by atoms with van der Waals surface area (Å²) in [6, 6.07) is 0. The summed E-state index contributed by atoms with van der Waals surface area (Å²) in [5.74, 6) is 0. The minimum Gasteiger partial charge on any atom is -1.00 e. The topological polar surface area (TPSA) is 0 Å². The molecule has 0 spiro atoms. The quantitative estimate of drug-likeness (QED) is 0.205. The Kier molecular flexibility index (Phi) is 140. The molecule has 0 unspecified atom stereocenters. The minimum absolute atomic E-state index is 0. The van der Waals surface area contributed by atoms with Crippen molar-refractivity contribution in [3.63, 3.8) is 0 Å². The summed E-state index contributed by atoms with van der Waals surface area (Å²) in [7, 11) is 0. The molecule has 0 aliphatic carbocycles. The maximum atomic E-state index is 0. The van der Waals surface area contributed by atoms with E-state index in [1.165, 1.54) is 0 Å². The van der Waals surface area contributed by atoms with Gasteiger partial charge < -0.3 is 28.7 Å². The van der Waals surface area contributed by atoms with Gasteiger partial charge in [-0.25, -0.2) is 0 Å². The van der Waals surface area contributed by atoms with Crippen molar-refractivity contribution in [1.82, 2.24) is 0 Å². The average Bonchev–Trinajstić information content (AvgIpc) is 0. The molecule has 0 aromatic heterocycles. The van der Waals surface area contributed by atoms with Crippen LogP contribution in [0, 0.1) is 0 Å². The molecule has 0 aliphatic rings. The molecule has 0 bridgehead atoms. The van der Waals surface area contributed by atoms with Crippen molar-refractivity contribution in [3.8, 4) is 0 Å². The normalized spacial score (nSPS) is 0. The van der Waals surface area contributed by atoms with Gasteiger partial charge in [0.2, 0.25) is 0 Å². The zero-order chi connectivity index (χ0) is 0. The van der Waals surface area contributed by atoms with Crippen LogP contribution in [0.25, 0.3) is 0 Å². The van der Waals surface area contributed by atoms with Gasteiger partial charge in [0.1, 0.15) is 0 Å². The van der Waals surface area contributed by atoms with Gasteiger partial charge in [-0.05, 0) is 0 Å². The summed E-state index contributed by atoms with van der Waals surface area (Å²) >= 11 is 0. The number of rotatable bonds is 0. The first-order chi connectivity index (χ1) is 0. The summed E-state index contributed by atoms with van der Waals surface area (Å²) in [5, 5.41) is 0. The van der Waals surface area contributed by atoms with Crippen molar-refractivity contribution in [2.45, 2.75) is 0 Å². The van der Waals surface area contributed by atoms with E-state index in [0.717, 1.165) is 0 Å². The van der Waals surface area contributed by atoms with E-state index >= 15 is 0 Å². The fourth-order valence-corrected chi connectivity index (χ4v) is 0. The first-order valence-corrected chi connectivity index (χ1v) is 0. The van der Waals surface area contributed by atoms with Crippen LogP contribution in [-0.4, -0.2) is 54.6 Å². The molecule has 0 aliphatic heterocycles. The molecule has 0 aromatic rings. The molecule has 8 radical (unpaired) electrons. The molecular formula is FIPb2-2. The van der Waals surface area contributed by atoms with E-state index in [4.69, 9.17) is 0 Å². The van der Waals surface area contributed by atoms with E-state index < -0.39 is 0 Å². The average molecular weight is 560 g/mol. The molecular weight excluding hydrogens is 560 g/mol. The largest absolute Gasteiger partial charge is 1.00 e. The SMILES string of the molecule is [F-].[I-].[Pb].[Pb]. The first kappa shape index (κ1) is 31.4. The molecule has 0 saturated heterocycles. The van der Waals surface area contributed by atoms with Crippen LogP contribution >= 0.6 is 0 Å².